The molecule has 0 atom stereocenters. The minimum absolute atomic E-state index is 0.0400. The van der Waals surface area contributed by atoms with Crippen molar-refractivity contribution in [2.45, 2.75) is 46.6 Å². The van der Waals surface area contributed by atoms with Crippen LogP contribution in [0.4, 0.5) is 0 Å². The summed E-state index contributed by atoms with van der Waals surface area (Å²) in [4.78, 5) is 13.3. The van der Waals surface area contributed by atoms with Crippen molar-refractivity contribution in [1.29, 1.82) is 0 Å². The number of hydrogen-bond acceptors (Lipinski definition) is 4. The number of aromatic nitrogens is 1. The van der Waals surface area contributed by atoms with Crippen molar-refractivity contribution in [3.63, 3.8) is 0 Å². The van der Waals surface area contributed by atoms with Gasteiger partial charge in [-0.2, -0.15) is 0 Å². The first-order valence-electron chi connectivity index (χ1n) is 6.69. The molecule has 0 aliphatic rings. The van der Waals surface area contributed by atoms with Gasteiger partial charge in [0.15, 0.2) is 0 Å². The Bertz CT molecular complexity index is 606. The summed E-state index contributed by atoms with van der Waals surface area (Å²) in [5.41, 5.74) is 2.33. The third-order valence-electron chi connectivity index (χ3n) is 3.42. The van der Waals surface area contributed by atoms with Crippen LogP contribution in [0.1, 0.15) is 53.0 Å². The van der Waals surface area contributed by atoms with Crippen LogP contribution in [0.5, 0.6) is 0 Å². The van der Waals surface area contributed by atoms with Crippen molar-refractivity contribution in [2.75, 3.05) is 0 Å². The third-order valence-corrected chi connectivity index (χ3v) is 4.37. The fourth-order valence-electron chi connectivity index (χ4n) is 2.59. The Balaban J connectivity index is 2.27. The number of aryl methyl sites for hydroxylation is 3. The highest BCUT2D eigenvalue weighted by Gasteiger charge is 2.30. The highest BCUT2D eigenvalue weighted by molar-refractivity contribution is 7.12. The third kappa shape index (κ3) is 2.63. The predicted octanol–water partition coefficient (Wildman–Crippen LogP) is 3.58. The number of thiophene rings is 1. The van der Waals surface area contributed by atoms with Crippen LogP contribution < -0.4 is 5.32 Å². The monoisotopic (exact) mass is 292 g/mol. The molecular formula is C15H20N2O2S. The van der Waals surface area contributed by atoms with Gasteiger partial charge in [-0.05, 0) is 51.1 Å². The molecule has 20 heavy (non-hydrogen) atoms. The van der Waals surface area contributed by atoms with Crippen molar-refractivity contribution in [1.82, 2.24) is 10.5 Å². The zero-order valence-electron chi connectivity index (χ0n) is 12.5. The molecule has 0 aromatic carbocycles. The molecular weight excluding hydrogens is 272 g/mol. The van der Waals surface area contributed by atoms with Gasteiger partial charge in [0.2, 0.25) is 0 Å². The highest BCUT2D eigenvalue weighted by Crippen LogP contribution is 2.28. The van der Waals surface area contributed by atoms with Crippen molar-refractivity contribution < 1.29 is 9.32 Å². The molecule has 1 N–H and O–H groups in total. The summed E-state index contributed by atoms with van der Waals surface area (Å²) in [6, 6.07) is 2.00. The lowest BCUT2D eigenvalue weighted by Gasteiger charge is -2.26. The van der Waals surface area contributed by atoms with E-state index >= 15 is 0 Å². The maximum atomic E-state index is 12.5. The number of carbonyl (C=O) groups is 1. The number of amides is 1. The summed E-state index contributed by atoms with van der Waals surface area (Å²) in [6.07, 6.45) is 0.859. The van der Waals surface area contributed by atoms with E-state index in [0.717, 1.165) is 33.9 Å². The second-order valence-electron chi connectivity index (χ2n) is 5.41. The van der Waals surface area contributed by atoms with Crippen molar-refractivity contribution in [2.24, 2.45) is 0 Å². The smallest absolute Gasteiger partial charge is 0.262 e. The fraction of sp³-hybridized carbons (Fsp3) is 0.467. The van der Waals surface area contributed by atoms with Crippen LogP contribution >= 0.6 is 11.3 Å². The molecule has 2 rings (SSSR count). The van der Waals surface area contributed by atoms with Gasteiger partial charge < -0.3 is 9.84 Å². The lowest BCUT2D eigenvalue weighted by Crippen LogP contribution is -2.41. The first-order chi connectivity index (χ1) is 9.36. The number of nitrogens with one attached hydrogen (secondary N) is 1. The Hall–Kier alpha value is -1.62. The molecule has 108 valence electrons. The predicted molar refractivity (Wildman–Crippen MR) is 80.2 cm³/mol. The van der Waals surface area contributed by atoms with Crippen molar-refractivity contribution >= 4 is 17.2 Å². The van der Waals surface area contributed by atoms with Crippen LogP contribution in [0.2, 0.25) is 0 Å². The average Bonchev–Trinajstić information content (AvgIpc) is 2.95. The topological polar surface area (TPSA) is 55.1 Å². The van der Waals surface area contributed by atoms with Gasteiger partial charge in [0, 0.05) is 5.56 Å². The zero-order valence-corrected chi connectivity index (χ0v) is 13.4. The Kier molecular flexibility index (Phi) is 3.99. The minimum Gasteiger partial charge on any atom is -0.361 e. The van der Waals surface area contributed by atoms with E-state index in [1.807, 2.05) is 39.1 Å². The standard InChI is InChI=1S/C15H20N2O2S/c1-6-11-7-8-20-13(11)14(18)16-15(4,5)12-9(2)17-19-10(12)3/h7-8H,6H2,1-5H3,(H,16,18). The van der Waals surface area contributed by atoms with Crippen molar-refractivity contribution in [3.8, 4) is 0 Å². The number of rotatable bonds is 4. The molecule has 2 aromatic heterocycles. The Labute approximate surface area is 123 Å². The molecule has 0 saturated carbocycles. The molecule has 0 saturated heterocycles. The molecule has 2 heterocycles. The first kappa shape index (κ1) is 14.8. The van der Waals surface area contributed by atoms with E-state index in [1.54, 1.807) is 0 Å². The van der Waals surface area contributed by atoms with E-state index in [0.29, 0.717) is 0 Å². The Morgan fingerprint density at radius 3 is 2.70 bits per heavy atom. The van der Waals surface area contributed by atoms with Gasteiger partial charge in [-0.25, -0.2) is 0 Å². The SMILES string of the molecule is CCc1ccsc1C(=O)NC(C)(C)c1c(C)noc1C. The van der Waals surface area contributed by atoms with E-state index in [2.05, 4.69) is 17.4 Å². The maximum absolute atomic E-state index is 12.5. The van der Waals surface area contributed by atoms with Gasteiger partial charge in [0.25, 0.3) is 5.91 Å². The lowest BCUT2D eigenvalue weighted by molar-refractivity contribution is 0.0915. The Morgan fingerprint density at radius 2 is 2.15 bits per heavy atom. The summed E-state index contributed by atoms with van der Waals surface area (Å²) in [7, 11) is 0. The number of nitrogens with zero attached hydrogens (tertiary/aromatic N) is 1. The molecule has 0 unspecified atom stereocenters. The molecule has 2 aromatic rings. The summed E-state index contributed by atoms with van der Waals surface area (Å²) in [5, 5.41) is 9.01. The molecule has 1 amide bonds. The van der Waals surface area contributed by atoms with E-state index in [1.165, 1.54) is 11.3 Å². The second-order valence-corrected chi connectivity index (χ2v) is 6.32. The number of carbonyl (C=O) groups excluding carboxylic acids is 1. The largest absolute Gasteiger partial charge is 0.361 e. The van der Waals surface area contributed by atoms with Crippen LogP contribution in [0.3, 0.4) is 0 Å². The quantitative estimate of drug-likeness (QED) is 0.937. The van der Waals surface area contributed by atoms with Crippen LogP contribution in [0.25, 0.3) is 0 Å². The highest BCUT2D eigenvalue weighted by atomic mass is 32.1. The average molecular weight is 292 g/mol. The van der Waals surface area contributed by atoms with Crippen LogP contribution in [0.15, 0.2) is 16.0 Å². The van der Waals surface area contributed by atoms with E-state index in [4.69, 9.17) is 4.52 Å². The maximum Gasteiger partial charge on any atom is 0.262 e. The van der Waals surface area contributed by atoms with E-state index < -0.39 is 5.54 Å². The first-order valence-corrected chi connectivity index (χ1v) is 7.57. The van der Waals surface area contributed by atoms with Gasteiger partial charge in [-0.3, -0.25) is 4.79 Å². The lowest BCUT2D eigenvalue weighted by atomic mass is 9.92. The van der Waals surface area contributed by atoms with Gasteiger partial charge in [-0.1, -0.05) is 12.1 Å². The molecule has 5 heteroatoms. The van der Waals surface area contributed by atoms with E-state index in [-0.39, 0.29) is 5.91 Å². The molecule has 0 fully saturated rings. The molecule has 0 aliphatic heterocycles. The van der Waals surface area contributed by atoms with Crippen molar-refractivity contribution in [3.05, 3.63) is 38.9 Å². The fourth-order valence-corrected chi connectivity index (χ4v) is 3.48. The van der Waals surface area contributed by atoms with Crippen LogP contribution in [-0.4, -0.2) is 11.1 Å². The normalized spacial score (nSPS) is 11.7. The van der Waals surface area contributed by atoms with E-state index in [9.17, 15) is 4.79 Å². The molecule has 4 nitrogen and oxygen atoms in total. The van der Waals surface area contributed by atoms with Gasteiger partial charge in [-0.15, -0.1) is 11.3 Å². The summed E-state index contributed by atoms with van der Waals surface area (Å²) >= 11 is 1.48. The molecule has 0 aliphatic carbocycles. The minimum atomic E-state index is -0.514. The molecule has 0 spiro atoms. The summed E-state index contributed by atoms with van der Waals surface area (Å²) < 4.78 is 5.20. The zero-order chi connectivity index (χ0) is 14.9. The van der Waals surface area contributed by atoms with Gasteiger partial charge >= 0.3 is 0 Å². The van der Waals surface area contributed by atoms with Gasteiger partial charge in [0.1, 0.15) is 5.76 Å². The summed E-state index contributed by atoms with van der Waals surface area (Å²) in [5.74, 6) is 0.705. The van der Waals surface area contributed by atoms with Crippen LogP contribution in [0, 0.1) is 13.8 Å². The second kappa shape index (κ2) is 5.40. The number of hydrogen-bond donors (Lipinski definition) is 1. The summed E-state index contributed by atoms with van der Waals surface area (Å²) in [6.45, 7) is 9.75. The Morgan fingerprint density at radius 1 is 1.45 bits per heavy atom. The van der Waals surface area contributed by atoms with Crippen LogP contribution in [-0.2, 0) is 12.0 Å². The molecule has 0 bridgehead atoms. The van der Waals surface area contributed by atoms with Gasteiger partial charge in [0.05, 0.1) is 16.1 Å². The molecule has 0 radical (unpaired) electrons.